The highest BCUT2D eigenvalue weighted by atomic mass is 35.5. The Morgan fingerprint density at radius 2 is 2.00 bits per heavy atom. The highest BCUT2D eigenvalue weighted by molar-refractivity contribution is 6.42. The molecule has 0 aliphatic carbocycles. The normalized spacial score (nSPS) is 10.4. The first-order valence-electron chi connectivity index (χ1n) is 7.03. The predicted octanol–water partition coefficient (Wildman–Crippen LogP) is 4.76. The third-order valence-electron chi connectivity index (χ3n) is 2.96. The number of halogens is 2. The third-order valence-corrected chi connectivity index (χ3v) is 3.70. The number of carbonyl (C=O) groups excluding carboxylic acids is 1. The maximum Gasteiger partial charge on any atom is 0.331 e. The lowest BCUT2D eigenvalue weighted by molar-refractivity contribution is -0.136. The highest BCUT2D eigenvalue weighted by Crippen LogP contribution is 2.23. The smallest absolute Gasteiger partial charge is 0.331 e. The molecule has 0 aliphatic rings. The van der Waals surface area contributed by atoms with E-state index in [-0.39, 0.29) is 6.61 Å². The van der Waals surface area contributed by atoms with Crippen LogP contribution in [0.1, 0.15) is 11.1 Å². The Morgan fingerprint density at radius 3 is 2.75 bits per heavy atom. The van der Waals surface area contributed by atoms with Crippen molar-refractivity contribution in [2.45, 2.75) is 6.61 Å². The van der Waals surface area contributed by atoms with Crippen molar-refractivity contribution in [3.05, 3.63) is 69.7 Å². The number of rotatable bonds is 6. The first-order chi connectivity index (χ1) is 11.6. The number of ether oxygens (including phenoxy) is 2. The second kappa shape index (κ2) is 9.02. The molecule has 0 saturated carbocycles. The molecule has 0 spiro atoms. The van der Waals surface area contributed by atoms with Crippen LogP contribution in [0.4, 0.5) is 0 Å². The molecule has 2 aromatic rings. The van der Waals surface area contributed by atoms with Crippen molar-refractivity contribution < 1.29 is 14.3 Å². The van der Waals surface area contributed by atoms with Crippen molar-refractivity contribution in [3.8, 4) is 18.1 Å². The molecule has 0 aliphatic heterocycles. The van der Waals surface area contributed by atoms with E-state index in [4.69, 9.17) is 39.1 Å². The fourth-order valence-corrected chi connectivity index (χ4v) is 2.15. The lowest BCUT2D eigenvalue weighted by Crippen LogP contribution is -1.99. The summed E-state index contributed by atoms with van der Waals surface area (Å²) in [7, 11) is 0. The standard InChI is InChI=1S/C19H14Cl2O3/c1-2-10-23-19(22)9-7-14-4-3-5-16(11-14)24-13-15-6-8-17(20)18(21)12-15/h1,3-9,11-12H,10,13H2/b9-7+. The van der Waals surface area contributed by atoms with Crippen molar-refractivity contribution in [2.75, 3.05) is 6.61 Å². The topological polar surface area (TPSA) is 35.5 Å². The minimum absolute atomic E-state index is 0.0457. The van der Waals surface area contributed by atoms with Crippen LogP contribution in [0.5, 0.6) is 5.75 Å². The van der Waals surface area contributed by atoms with E-state index in [0.717, 1.165) is 11.1 Å². The quantitative estimate of drug-likeness (QED) is 0.423. The zero-order valence-electron chi connectivity index (χ0n) is 12.7. The average molecular weight is 361 g/mol. The second-order valence-electron chi connectivity index (χ2n) is 4.75. The van der Waals surface area contributed by atoms with Gasteiger partial charge >= 0.3 is 5.97 Å². The van der Waals surface area contributed by atoms with Gasteiger partial charge in [-0.05, 0) is 41.5 Å². The van der Waals surface area contributed by atoms with Crippen LogP contribution in [0.25, 0.3) is 6.08 Å². The van der Waals surface area contributed by atoms with Gasteiger partial charge < -0.3 is 9.47 Å². The van der Waals surface area contributed by atoms with E-state index in [0.29, 0.717) is 22.4 Å². The van der Waals surface area contributed by atoms with Gasteiger partial charge in [0, 0.05) is 6.08 Å². The van der Waals surface area contributed by atoms with Gasteiger partial charge in [-0.25, -0.2) is 4.79 Å². The molecule has 2 rings (SSSR count). The summed E-state index contributed by atoms with van der Waals surface area (Å²) in [5, 5.41) is 0.990. The van der Waals surface area contributed by atoms with Gasteiger partial charge in [0.05, 0.1) is 10.0 Å². The third kappa shape index (κ3) is 5.66. The van der Waals surface area contributed by atoms with E-state index in [2.05, 4.69) is 5.92 Å². The summed E-state index contributed by atoms with van der Waals surface area (Å²) in [5.74, 6) is 2.41. The largest absolute Gasteiger partial charge is 0.489 e. The maximum absolute atomic E-state index is 11.4. The van der Waals surface area contributed by atoms with Crippen LogP contribution in [0.2, 0.25) is 10.0 Å². The van der Waals surface area contributed by atoms with Crippen LogP contribution >= 0.6 is 23.2 Å². The molecule has 0 atom stereocenters. The van der Waals surface area contributed by atoms with Gasteiger partial charge in [-0.15, -0.1) is 6.42 Å². The summed E-state index contributed by atoms with van der Waals surface area (Å²) < 4.78 is 10.5. The lowest BCUT2D eigenvalue weighted by atomic mass is 10.2. The van der Waals surface area contributed by atoms with Crippen LogP contribution in [0.3, 0.4) is 0 Å². The number of terminal acetylenes is 1. The first kappa shape index (κ1) is 17.9. The molecule has 0 heterocycles. The average Bonchev–Trinajstić information content (AvgIpc) is 2.59. The molecule has 0 radical (unpaired) electrons. The maximum atomic E-state index is 11.4. The van der Waals surface area contributed by atoms with Gasteiger partial charge in [0.1, 0.15) is 12.4 Å². The summed E-state index contributed by atoms with van der Waals surface area (Å²) in [5.41, 5.74) is 1.71. The Bertz CT molecular complexity index is 791. The molecule has 0 saturated heterocycles. The molecule has 24 heavy (non-hydrogen) atoms. The van der Waals surface area contributed by atoms with Crippen LogP contribution in [0, 0.1) is 12.3 Å². The molecule has 122 valence electrons. The monoisotopic (exact) mass is 360 g/mol. The van der Waals surface area contributed by atoms with Crippen molar-refractivity contribution in [1.29, 1.82) is 0 Å². The highest BCUT2D eigenvalue weighted by Gasteiger charge is 2.02. The Hall–Kier alpha value is -2.41. The molecule has 0 fully saturated rings. The fraction of sp³-hybridized carbons (Fsp3) is 0.105. The molecule has 0 N–H and O–H groups in total. The van der Waals surface area contributed by atoms with Crippen molar-refractivity contribution in [2.24, 2.45) is 0 Å². The molecule has 0 amide bonds. The molecule has 0 unspecified atom stereocenters. The molecular formula is C19H14Cl2O3. The van der Waals surface area contributed by atoms with Crippen LogP contribution < -0.4 is 4.74 Å². The minimum atomic E-state index is -0.491. The summed E-state index contributed by atoms with van der Waals surface area (Å²) in [4.78, 5) is 11.4. The number of benzene rings is 2. The SMILES string of the molecule is C#CCOC(=O)/C=C/c1cccc(OCc2ccc(Cl)c(Cl)c2)c1. The van der Waals surface area contributed by atoms with E-state index in [1.807, 2.05) is 30.3 Å². The van der Waals surface area contributed by atoms with E-state index in [9.17, 15) is 4.79 Å². The van der Waals surface area contributed by atoms with Crippen molar-refractivity contribution in [1.82, 2.24) is 0 Å². The van der Waals surface area contributed by atoms with Gasteiger partial charge in [0.15, 0.2) is 6.61 Å². The number of carbonyl (C=O) groups is 1. The Balaban J connectivity index is 1.97. The Morgan fingerprint density at radius 1 is 1.17 bits per heavy atom. The van der Waals surface area contributed by atoms with Crippen molar-refractivity contribution >= 4 is 35.2 Å². The van der Waals surface area contributed by atoms with Gasteiger partial charge in [0.2, 0.25) is 0 Å². The first-order valence-corrected chi connectivity index (χ1v) is 7.79. The molecule has 0 bridgehead atoms. The molecule has 3 nitrogen and oxygen atoms in total. The van der Waals surface area contributed by atoms with Crippen LogP contribution in [0.15, 0.2) is 48.5 Å². The summed E-state index contributed by atoms with van der Waals surface area (Å²) in [6.45, 7) is 0.310. The molecule has 2 aromatic carbocycles. The van der Waals surface area contributed by atoms with Gasteiger partial charge in [-0.1, -0.05) is 47.3 Å². The Labute approximate surface area is 150 Å². The number of esters is 1. The molecule has 0 aromatic heterocycles. The fourth-order valence-electron chi connectivity index (χ4n) is 1.83. The van der Waals surface area contributed by atoms with E-state index in [1.54, 1.807) is 18.2 Å². The van der Waals surface area contributed by atoms with Gasteiger partial charge in [-0.3, -0.25) is 0 Å². The van der Waals surface area contributed by atoms with Crippen LogP contribution in [-0.2, 0) is 16.1 Å². The predicted molar refractivity (Wildman–Crippen MR) is 96.1 cm³/mol. The number of hydrogen-bond acceptors (Lipinski definition) is 3. The van der Waals surface area contributed by atoms with Gasteiger partial charge in [-0.2, -0.15) is 0 Å². The lowest BCUT2D eigenvalue weighted by Gasteiger charge is -2.08. The van der Waals surface area contributed by atoms with Crippen molar-refractivity contribution in [3.63, 3.8) is 0 Å². The second-order valence-corrected chi connectivity index (χ2v) is 5.57. The van der Waals surface area contributed by atoms with E-state index in [1.165, 1.54) is 6.08 Å². The minimum Gasteiger partial charge on any atom is -0.489 e. The Kier molecular flexibility index (Phi) is 6.74. The zero-order chi connectivity index (χ0) is 17.4. The number of hydrogen-bond donors (Lipinski definition) is 0. The zero-order valence-corrected chi connectivity index (χ0v) is 14.2. The molecular weight excluding hydrogens is 347 g/mol. The summed E-state index contributed by atoms with van der Waals surface area (Å²) >= 11 is 11.9. The summed E-state index contributed by atoms with van der Waals surface area (Å²) in [6, 6.07) is 12.6. The van der Waals surface area contributed by atoms with E-state index >= 15 is 0 Å². The van der Waals surface area contributed by atoms with Crippen LogP contribution in [-0.4, -0.2) is 12.6 Å². The van der Waals surface area contributed by atoms with E-state index < -0.39 is 5.97 Å². The molecule has 5 heteroatoms. The summed E-state index contributed by atoms with van der Waals surface area (Å²) in [6.07, 6.45) is 7.96. The van der Waals surface area contributed by atoms with Gasteiger partial charge in [0.25, 0.3) is 0 Å².